The fourth-order valence-electron chi connectivity index (χ4n) is 2.29. The number of hydrogen-bond acceptors (Lipinski definition) is 3. The lowest BCUT2D eigenvalue weighted by Gasteiger charge is -2.22. The van der Waals surface area contributed by atoms with Crippen molar-refractivity contribution in [3.8, 4) is 0 Å². The second kappa shape index (κ2) is 5.63. The predicted octanol–water partition coefficient (Wildman–Crippen LogP) is 1.78. The van der Waals surface area contributed by atoms with E-state index in [9.17, 15) is 4.79 Å². The largest absolute Gasteiger partial charge is 0.349 e. The summed E-state index contributed by atoms with van der Waals surface area (Å²) in [5, 5.41) is 2.86. The number of aryl methyl sites for hydroxylation is 1. The number of aromatic nitrogens is 2. The number of fused-ring (bicyclic) bond motifs is 1. The second-order valence-electron chi connectivity index (χ2n) is 5.48. The minimum Gasteiger partial charge on any atom is -0.349 e. The number of amides is 1. The molecule has 0 spiro atoms. The molecule has 0 fully saturated rings. The van der Waals surface area contributed by atoms with Gasteiger partial charge >= 0.3 is 0 Å². The number of carbonyl (C=O) groups is 1. The first kappa shape index (κ1) is 14.5. The molecule has 1 amide bonds. The van der Waals surface area contributed by atoms with Crippen molar-refractivity contribution >= 4 is 11.6 Å². The highest BCUT2D eigenvalue weighted by Crippen LogP contribution is 2.10. The van der Waals surface area contributed by atoms with Crippen molar-refractivity contribution in [1.29, 1.82) is 0 Å². The highest BCUT2D eigenvalue weighted by atomic mass is 16.2. The van der Waals surface area contributed by atoms with Crippen molar-refractivity contribution in [2.75, 3.05) is 0 Å². The van der Waals surface area contributed by atoms with E-state index in [1.807, 2.05) is 42.6 Å². The number of nitrogens with zero attached hydrogens (tertiary/aromatic N) is 2. The SMILES string of the molecule is CCCC(C)(N)C(=O)NCc1cn2c(C)cccc2n1. The molecule has 2 aromatic heterocycles. The summed E-state index contributed by atoms with van der Waals surface area (Å²) in [6, 6.07) is 5.94. The van der Waals surface area contributed by atoms with Gasteiger partial charge in [-0.1, -0.05) is 19.4 Å². The number of rotatable bonds is 5. The van der Waals surface area contributed by atoms with Crippen LogP contribution >= 0.6 is 0 Å². The van der Waals surface area contributed by atoms with Gasteiger partial charge in [0.25, 0.3) is 0 Å². The molecule has 0 saturated carbocycles. The average Bonchev–Trinajstić information content (AvgIpc) is 2.80. The van der Waals surface area contributed by atoms with E-state index in [4.69, 9.17) is 5.73 Å². The van der Waals surface area contributed by atoms with E-state index < -0.39 is 5.54 Å². The maximum Gasteiger partial charge on any atom is 0.240 e. The molecule has 0 aliphatic carbocycles. The monoisotopic (exact) mass is 274 g/mol. The summed E-state index contributed by atoms with van der Waals surface area (Å²) in [6.45, 7) is 6.20. The zero-order valence-electron chi connectivity index (χ0n) is 12.3. The molecular formula is C15H22N4O. The predicted molar refractivity (Wildman–Crippen MR) is 79.3 cm³/mol. The standard InChI is InChI=1S/C15H22N4O/c1-4-8-15(3,16)14(20)17-9-12-10-19-11(2)6-5-7-13(19)18-12/h5-7,10H,4,8-9,16H2,1-3H3,(H,17,20). The summed E-state index contributed by atoms with van der Waals surface area (Å²) in [5.74, 6) is -0.131. The van der Waals surface area contributed by atoms with E-state index in [2.05, 4.69) is 10.3 Å². The van der Waals surface area contributed by atoms with Crippen LogP contribution < -0.4 is 11.1 Å². The third-order valence-electron chi connectivity index (χ3n) is 3.46. The van der Waals surface area contributed by atoms with E-state index in [1.54, 1.807) is 6.92 Å². The van der Waals surface area contributed by atoms with Crippen molar-refractivity contribution in [3.63, 3.8) is 0 Å². The Morgan fingerprint density at radius 1 is 1.50 bits per heavy atom. The summed E-state index contributed by atoms with van der Waals surface area (Å²) in [7, 11) is 0. The number of pyridine rings is 1. The quantitative estimate of drug-likeness (QED) is 0.873. The van der Waals surface area contributed by atoms with Gasteiger partial charge in [0.15, 0.2) is 0 Å². The van der Waals surface area contributed by atoms with Gasteiger partial charge in [0.2, 0.25) is 5.91 Å². The van der Waals surface area contributed by atoms with Crippen molar-refractivity contribution < 1.29 is 4.79 Å². The summed E-state index contributed by atoms with van der Waals surface area (Å²) in [4.78, 5) is 16.5. The first-order chi connectivity index (χ1) is 9.44. The van der Waals surface area contributed by atoms with Crippen LogP contribution in [-0.4, -0.2) is 20.8 Å². The molecule has 1 atom stereocenters. The molecule has 3 N–H and O–H groups in total. The smallest absolute Gasteiger partial charge is 0.240 e. The van der Waals surface area contributed by atoms with Gasteiger partial charge < -0.3 is 15.5 Å². The van der Waals surface area contributed by atoms with Crippen LogP contribution in [0.2, 0.25) is 0 Å². The van der Waals surface area contributed by atoms with Gasteiger partial charge in [-0.25, -0.2) is 4.98 Å². The minimum atomic E-state index is -0.816. The van der Waals surface area contributed by atoms with Crippen LogP contribution in [0.3, 0.4) is 0 Å². The van der Waals surface area contributed by atoms with Crippen LogP contribution in [0.1, 0.15) is 38.1 Å². The number of carbonyl (C=O) groups excluding carboxylic acids is 1. The lowest BCUT2D eigenvalue weighted by molar-refractivity contribution is -0.126. The Bertz CT molecular complexity index is 615. The molecule has 0 aliphatic rings. The molecule has 0 aromatic carbocycles. The van der Waals surface area contributed by atoms with Crippen LogP contribution in [0, 0.1) is 6.92 Å². The zero-order chi connectivity index (χ0) is 14.8. The minimum absolute atomic E-state index is 0.131. The van der Waals surface area contributed by atoms with Gasteiger partial charge in [-0.3, -0.25) is 4.79 Å². The Morgan fingerprint density at radius 2 is 2.25 bits per heavy atom. The molecule has 108 valence electrons. The Kier molecular flexibility index (Phi) is 4.09. The van der Waals surface area contributed by atoms with E-state index in [0.717, 1.165) is 23.5 Å². The summed E-state index contributed by atoms with van der Waals surface area (Å²) >= 11 is 0. The van der Waals surface area contributed by atoms with E-state index in [1.165, 1.54) is 0 Å². The van der Waals surface area contributed by atoms with Crippen LogP contribution in [0.5, 0.6) is 0 Å². The first-order valence-electron chi connectivity index (χ1n) is 6.95. The summed E-state index contributed by atoms with van der Waals surface area (Å²) in [6.07, 6.45) is 3.50. The molecule has 0 aliphatic heterocycles. The maximum absolute atomic E-state index is 12.0. The molecule has 0 bridgehead atoms. The Labute approximate surface area is 119 Å². The zero-order valence-corrected chi connectivity index (χ0v) is 12.3. The van der Waals surface area contributed by atoms with Crippen molar-refractivity contribution in [2.45, 2.75) is 45.7 Å². The molecule has 0 radical (unpaired) electrons. The molecule has 2 rings (SSSR count). The lowest BCUT2D eigenvalue weighted by Crippen LogP contribution is -2.51. The second-order valence-corrected chi connectivity index (χ2v) is 5.48. The molecule has 5 heteroatoms. The number of imidazole rings is 1. The van der Waals surface area contributed by atoms with Gasteiger partial charge in [0.05, 0.1) is 17.8 Å². The van der Waals surface area contributed by atoms with Crippen LogP contribution in [0.4, 0.5) is 0 Å². The van der Waals surface area contributed by atoms with Crippen LogP contribution in [-0.2, 0) is 11.3 Å². The topological polar surface area (TPSA) is 72.4 Å². The van der Waals surface area contributed by atoms with Crippen LogP contribution in [0.25, 0.3) is 5.65 Å². The van der Waals surface area contributed by atoms with Gasteiger partial charge in [0.1, 0.15) is 5.65 Å². The Morgan fingerprint density at radius 3 is 2.90 bits per heavy atom. The van der Waals surface area contributed by atoms with E-state index in [0.29, 0.717) is 13.0 Å². The van der Waals surface area contributed by atoms with Crippen LogP contribution in [0.15, 0.2) is 24.4 Å². The van der Waals surface area contributed by atoms with E-state index in [-0.39, 0.29) is 5.91 Å². The average molecular weight is 274 g/mol. The maximum atomic E-state index is 12.0. The summed E-state index contributed by atoms with van der Waals surface area (Å²) < 4.78 is 2.01. The fraction of sp³-hybridized carbons (Fsp3) is 0.467. The normalized spacial score (nSPS) is 14.2. The number of nitrogens with two attached hydrogens (primary N) is 1. The molecule has 20 heavy (non-hydrogen) atoms. The summed E-state index contributed by atoms with van der Waals surface area (Å²) in [5.41, 5.74) is 8.01. The number of nitrogens with one attached hydrogen (secondary N) is 1. The molecule has 2 aromatic rings. The first-order valence-corrected chi connectivity index (χ1v) is 6.95. The fourth-order valence-corrected chi connectivity index (χ4v) is 2.29. The third-order valence-corrected chi connectivity index (χ3v) is 3.46. The van der Waals surface area contributed by atoms with Crippen molar-refractivity contribution in [1.82, 2.24) is 14.7 Å². The Balaban J connectivity index is 2.06. The molecular weight excluding hydrogens is 252 g/mol. The Hall–Kier alpha value is -1.88. The molecule has 5 nitrogen and oxygen atoms in total. The highest BCUT2D eigenvalue weighted by Gasteiger charge is 2.26. The molecule has 1 unspecified atom stereocenters. The third kappa shape index (κ3) is 2.99. The number of hydrogen-bond donors (Lipinski definition) is 2. The van der Waals surface area contributed by atoms with Gasteiger partial charge in [0, 0.05) is 11.9 Å². The highest BCUT2D eigenvalue weighted by molar-refractivity contribution is 5.85. The molecule has 2 heterocycles. The van der Waals surface area contributed by atoms with Gasteiger partial charge in [-0.2, -0.15) is 0 Å². The van der Waals surface area contributed by atoms with Crippen molar-refractivity contribution in [3.05, 3.63) is 35.8 Å². The lowest BCUT2D eigenvalue weighted by atomic mass is 9.96. The molecule has 0 saturated heterocycles. The van der Waals surface area contributed by atoms with Crippen molar-refractivity contribution in [2.24, 2.45) is 5.73 Å². The van der Waals surface area contributed by atoms with Gasteiger partial charge in [-0.15, -0.1) is 0 Å². The van der Waals surface area contributed by atoms with Gasteiger partial charge in [-0.05, 0) is 32.4 Å². The van der Waals surface area contributed by atoms with E-state index >= 15 is 0 Å².